The number of para-hydroxylation sites is 2. The first kappa shape index (κ1) is 33.9. The fraction of sp³-hybridized carbons (Fsp3) is 0.0877. The highest BCUT2D eigenvalue weighted by Gasteiger charge is 2.40. The Morgan fingerprint density at radius 3 is 1.92 bits per heavy atom. The van der Waals surface area contributed by atoms with Gasteiger partial charge in [-0.2, -0.15) is 0 Å². The lowest BCUT2D eigenvalue weighted by molar-refractivity contribution is 0.659. The van der Waals surface area contributed by atoms with Crippen LogP contribution in [0.5, 0.6) is 0 Å². The first-order valence-corrected chi connectivity index (χ1v) is 20.8. The molecule has 12 rings (SSSR count). The minimum atomic E-state index is -0.0489. The van der Waals surface area contributed by atoms with Crippen LogP contribution in [-0.2, 0) is 5.41 Å². The third-order valence-corrected chi connectivity index (χ3v) is 13.3. The lowest BCUT2D eigenvalue weighted by Crippen LogP contribution is -2.29. The maximum atomic E-state index is 2.58. The monoisotopic (exact) mass is 754 g/mol. The molecule has 2 unspecified atom stereocenters. The number of benzene rings is 8. The second kappa shape index (κ2) is 12.9. The molecular weight excluding hydrogens is 713 g/mol. The molecule has 1 aliphatic heterocycles. The molecule has 0 bridgehead atoms. The van der Waals surface area contributed by atoms with E-state index >= 15 is 0 Å². The van der Waals surface area contributed by atoms with Crippen molar-refractivity contribution < 1.29 is 0 Å². The van der Waals surface area contributed by atoms with Gasteiger partial charge < -0.3 is 9.47 Å². The van der Waals surface area contributed by atoms with Crippen LogP contribution in [0.2, 0.25) is 0 Å². The molecule has 8 aromatic carbocycles. The quantitative estimate of drug-likeness (QED) is 0.170. The summed E-state index contributed by atoms with van der Waals surface area (Å²) in [5, 5.41) is 2.52. The van der Waals surface area contributed by atoms with Crippen molar-refractivity contribution in [2.45, 2.75) is 31.2 Å². The number of hydrogen-bond donors (Lipinski definition) is 0. The van der Waals surface area contributed by atoms with Crippen LogP contribution in [0.1, 0.15) is 42.0 Å². The van der Waals surface area contributed by atoms with E-state index in [1.54, 1.807) is 0 Å². The van der Waals surface area contributed by atoms with Gasteiger partial charge in [0.1, 0.15) is 0 Å². The van der Waals surface area contributed by atoms with Gasteiger partial charge >= 0.3 is 0 Å². The van der Waals surface area contributed by atoms with Crippen LogP contribution in [0.15, 0.2) is 206 Å². The van der Waals surface area contributed by atoms with E-state index in [9.17, 15) is 0 Å². The zero-order chi connectivity index (χ0) is 39.2. The Hall–Kier alpha value is -7.16. The highest BCUT2D eigenvalue weighted by molar-refractivity contribution is 6.10. The van der Waals surface area contributed by atoms with Crippen molar-refractivity contribution in [2.75, 3.05) is 4.90 Å². The van der Waals surface area contributed by atoms with Crippen molar-refractivity contribution in [3.63, 3.8) is 0 Å². The number of nitrogens with zero attached hydrogens (tertiary/aromatic N) is 2. The molecule has 9 aromatic rings. The fourth-order valence-corrected chi connectivity index (χ4v) is 10.5. The van der Waals surface area contributed by atoms with E-state index in [-0.39, 0.29) is 17.4 Å². The molecule has 59 heavy (non-hydrogen) atoms. The van der Waals surface area contributed by atoms with Crippen molar-refractivity contribution in [1.82, 2.24) is 4.57 Å². The number of anilines is 2. The summed E-state index contributed by atoms with van der Waals surface area (Å²) in [5.74, 6) is 0.235. The summed E-state index contributed by atoms with van der Waals surface area (Å²) in [6.45, 7) is 4.74. The number of rotatable bonds is 5. The molecule has 1 aromatic heterocycles. The summed E-state index contributed by atoms with van der Waals surface area (Å²) < 4.78 is 2.45. The van der Waals surface area contributed by atoms with Crippen LogP contribution in [0.3, 0.4) is 0 Å². The largest absolute Gasteiger partial charge is 0.333 e. The first-order valence-electron chi connectivity index (χ1n) is 20.8. The maximum Gasteiger partial charge on any atom is 0.0630 e. The second-order valence-corrected chi connectivity index (χ2v) is 16.9. The molecule has 0 fully saturated rings. The molecule has 0 N–H and O–H groups in total. The summed E-state index contributed by atoms with van der Waals surface area (Å²) in [6.07, 6.45) is 7.33. The zero-order valence-electron chi connectivity index (χ0n) is 33.2. The van der Waals surface area contributed by atoms with Gasteiger partial charge in [0.15, 0.2) is 0 Å². The topological polar surface area (TPSA) is 8.17 Å². The molecule has 0 saturated carbocycles. The Labute approximate surface area is 345 Å². The highest BCUT2D eigenvalue weighted by atomic mass is 15.2. The van der Waals surface area contributed by atoms with E-state index in [1.807, 2.05) is 0 Å². The van der Waals surface area contributed by atoms with Gasteiger partial charge in [0, 0.05) is 39.2 Å². The SMILES string of the molecule is CC1(C)c2ccccc2-c2ccc(N3c4ccccc4C4C=C(c5ccc6c(c5)c5ccccc5n6-c5cc(-c6ccccc6)cc(-c6ccccc6)c5)C=CC43)cc21. The molecule has 2 atom stereocenters. The molecule has 0 radical (unpaired) electrons. The molecular formula is C57H42N2. The minimum absolute atomic E-state index is 0.0489. The third-order valence-electron chi connectivity index (χ3n) is 13.3. The first-order chi connectivity index (χ1) is 29.0. The van der Waals surface area contributed by atoms with E-state index in [2.05, 4.69) is 230 Å². The average molecular weight is 755 g/mol. The van der Waals surface area contributed by atoms with Crippen molar-refractivity contribution in [3.8, 4) is 39.1 Å². The van der Waals surface area contributed by atoms with Gasteiger partial charge in [-0.05, 0) is 116 Å². The Balaban J connectivity index is 0.955. The van der Waals surface area contributed by atoms with Gasteiger partial charge in [-0.3, -0.25) is 0 Å². The third kappa shape index (κ3) is 5.19. The van der Waals surface area contributed by atoms with Gasteiger partial charge in [0.2, 0.25) is 0 Å². The standard InChI is InChI=1S/C57H42N2/c1-57(2)51-22-12-9-19-45(51)46-28-27-43(36-52(46)57)58-53-23-13-10-20-47(53)49-34-39(25-29-55(49)58)40-26-30-56-50(35-40)48-21-11-14-24-54(48)59(56)44-32-41(37-15-5-3-6-16-37)31-42(33-44)38-17-7-4-8-18-38/h3-36,49,55H,1-2H3. The molecule has 2 nitrogen and oxygen atoms in total. The number of allylic oxidation sites excluding steroid dienone is 2. The van der Waals surface area contributed by atoms with Gasteiger partial charge in [-0.25, -0.2) is 0 Å². The zero-order valence-corrected chi connectivity index (χ0v) is 33.2. The number of aromatic nitrogens is 1. The highest BCUT2D eigenvalue weighted by Crippen LogP contribution is 2.53. The molecule has 280 valence electrons. The lowest BCUT2D eigenvalue weighted by atomic mass is 9.82. The second-order valence-electron chi connectivity index (χ2n) is 16.9. The molecule has 0 spiro atoms. The summed E-state index contributed by atoms with van der Waals surface area (Å²) >= 11 is 0. The Kier molecular flexibility index (Phi) is 7.43. The van der Waals surface area contributed by atoms with Crippen LogP contribution < -0.4 is 4.90 Å². The Morgan fingerprint density at radius 1 is 0.458 bits per heavy atom. The van der Waals surface area contributed by atoms with Crippen molar-refractivity contribution in [3.05, 3.63) is 229 Å². The molecule has 2 aliphatic carbocycles. The van der Waals surface area contributed by atoms with E-state index in [4.69, 9.17) is 0 Å². The Bertz CT molecular complexity index is 3140. The van der Waals surface area contributed by atoms with Crippen molar-refractivity contribution >= 4 is 38.8 Å². The van der Waals surface area contributed by atoms with E-state index in [0.717, 1.165) is 5.69 Å². The summed E-state index contributed by atoms with van der Waals surface area (Å²) in [7, 11) is 0. The van der Waals surface area contributed by atoms with Crippen LogP contribution in [0.4, 0.5) is 11.4 Å². The summed E-state index contributed by atoms with van der Waals surface area (Å²) in [4.78, 5) is 2.58. The van der Waals surface area contributed by atoms with Gasteiger partial charge in [0.05, 0.1) is 17.1 Å². The summed E-state index contributed by atoms with van der Waals surface area (Å²) in [6, 6.07) is 69.7. The van der Waals surface area contributed by atoms with Crippen LogP contribution in [0, 0.1) is 0 Å². The van der Waals surface area contributed by atoms with E-state index in [0.29, 0.717) is 0 Å². The van der Waals surface area contributed by atoms with Gasteiger partial charge in [-0.15, -0.1) is 0 Å². The molecule has 0 amide bonds. The fourth-order valence-electron chi connectivity index (χ4n) is 10.5. The molecule has 3 aliphatic rings. The lowest BCUT2D eigenvalue weighted by Gasteiger charge is -2.31. The van der Waals surface area contributed by atoms with Gasteiger partial charge in [-0.1, -0.05) is 166 Å². The number of hydrogen-bond acceptors (Lipinski definition) is 1. The van der Waals surface area contributed by atoms with E-state index < -0.39 is 0 Å². The van der Waals surface area contributed by atoms with Gasteiger partial charge in [0.25, 0.3) is 0 Å². The molecule has 2 heterocycles. The van der Waals surface area contributed by atoms with Crippen molar-refractivity contribution in [2.24, 2.45) is 0 Å². The molecule has 0 saturated heterocycles. The predicted octanol–water partition coefficient (Wildman–Crippen LogP) is 14.7. The van der Waals surface area contributed by atoms with Crippen LogP contribution in [0.25, 0.3) is 66.4 Å². The van der Waals surface area contributed by atoms with Crippen LogP contribution in [-0.4, -0.2) is 10.6 Å². The average Bonchev–Trinajstić information content (AvgIpc) is 3.89. The number of fused-ring (bicyclic) bond motifs is 9. The van der Waals surface area contributed by atoms with E-state index in [1.165, 1.54) is 94.4 Å². The normalized spacial score (nSPS) is 17.1. The maximum absolute atomic E-state index is 2.58. The molecule has 2 heteroatoms. The summed E-state index contributed by atoms with van der Waals surface area (Å²) in [5.41, 5.74) is 20.3. The predicted molar refractivity (Wildman–Crippen MR) is 248 cm³/mol. The minimum Gasteiger partial charge on any atom is -0.333 e. The van der Waals surface area contributed by atoms with Crippen LogP contribution >= 0.6 is 0 Å². The smallest absolute Gasteiger partial charge is 0.0630 e. The van der Waals surface area contributed by atoms with Crippen molar-refractivity contribution in [1.29, 1.82) is 0 Å². The Morgan fingerprint density at radius 2 is 1.12 bits per heavy atom.